The molecule has 4 heterocycles. The quantitative estimate of drug-likeness (QED) is 0.157. The summed E-state index contributed by atoms with van der Waals surface area (Å²) in [5.41, 5.74) is 11.3. The fraction of sp³-hybridized carbons (Fsp3) is 0. The van der Waals surface area contributed by atoms with E-state index in [1.807, 2.05) is 29.5 Å². The SMILES string of the molecule is c1ccc(-c2nc(-c3ccc(-c4cccc5c4sc4ccccc45)cc3)nc(-c3cccc4c5c6c(ccc5n(-c5ccccc5)c34)c(-c3ccccc3)nc3ccccc36)n2)cc1. The molecule has 0 fully saturated rings. The molecule has 0 aliphatic carbocycles. The highest BCUT2D eigenvalue weighted by Gasteiger charge is 2.23. The van der Waals surface area contributed by atoms with E-state index in [1.54, 1.807) is 0 Å². The third kappa shape index (κ3) is 5.77. The molecule has 13 aromatic rings. The van der Waals surface area contributed by atoms with Gasteiger partial charge in [-0.25, -0.2) is 19.9 Å². The fourth-order valence-electron chi connectivity index (χ4n) is 9.55. The molecule has 0 unspecified atom stereocenters. The third-order valence-corrected chi connectivity index (χ3v) is 13.7. The minimum Gasteiger partial charge on any atom is -0.308 e. The van der Waals surface area contributed by atoms with E-state index in [-0.39, 0.29) is 0 Å². The van der Waals surface area contributed by atoms with Crippen LogP contribution in [0.3, 0.4) is 0 Å². The molecule has 4 aromatic heterocycles. The Labute approximate surface area is 372 Å². The second-order valence-corrected chi connectivity index (χ2v) is 17.2. The van der Waals surface area contributed by atoms with Crippen LogP contribution in [-0.4, -0.2) is 24.5 Å². The second-order valence-electron chi connectivity index (χ2n) is 16.1. The van der Waals surface area contributed by atoms with Crippen molar-refractivity contribution in [2.75, 3.05) is 0 Å². The first-order chi connectivity index (χ1) is 31.7. The normalized spacial score (nSPS) is 11.8. The Hall–Kier alpha value is -8.32. The maximum absolute atomic E-state index is 5.36. The van der Waals surface area contributed by atoms with Crippen molar-refractivity contribution in [3.05, 3.63) is 212 Å². The van der Waals surface area contributed by atoms with E-state index in [2.05, 4.69) is 199 Å². The van der Waals surface area contributed by atoms with E-state index in [1.165, 1.54) is 31.1 Å². The lowest BCUT2D eigenvalue weighted by Crippen LogP contribution is -2.02. The van der Waals surface area contributed by atoms with Gasteiger partial charge in [0.05, 0.1) is 22.2 Å². The lowest BCUT2D eigenvalue weighted by Gasteiger charge is -2.13. The number of pyridine rings is 1. The van der Waals surface area contributed by atoms with Crippen molar-refractivity contribution < 1.29 is 0 Å². The first kappa shape index (κ1) is 36.3. The van der Waals surface area contributed by atoms with Crippen LogP contribution in [0.2, 0.25) is 0 Å². The van der Waals surface area contributed by atoms with E-state index >= 15 is 0 Å². The summed E-state index contributed by atoms with van der Waals surface area (Å²) in [6, 6.07) is 74.8. The molecule has 0 radical (unpaired) electrons. The van der Waals surface area contributed by atoms with Crippen molar-refractivity contribution in [1.82, 2.24) is 24.5 Å². The van der Waals surface area contributed by atoms with Gasteiger partial charge in [0.25, 0.3) is 0 Å². The summed E-state index contributed by atoms with van der Waals surface area (Å²) in [6.07, 6.45) is 0. The van der Waals surface area contributed by atoms with Crippen molar-refractivity contribution in [2.24, 2.45) is 0 Å². The number of fused-ring (bicyclic) bond motifs is 10. The monoisotopic (exact) mass is 833 g/mol. The van der Waals surface area contributed by atoms with Crippen LogP contribution in [0.1, 0.15) is 0 Å². The summed E-state index contributed by atoms with van der Waals surface area (Å²) in [5, 5.41) is 8.25. The zero-order chi connectivity index (χ0) is 42.1. The first-order valence-corrected chi connectivity index (χ1v) is 22.3. The number of aromatic nitrogens is 5. The number of para-hydroxylation sites is 3. The van der Waals surface area contributed by atoms with Gasteiger partial charge in [0.2, 0.25) is 0 Å². The van der Waals surface area contributed by atoms with Gasteiger partial charge in [-0.15, -0.1) is 11.3 Å². The number of nitrogens with zero attached hydrogens (tertiary/aromatic N) is 5. The zero-order valence-electron chi connectivity index (χ0n) is 34.4. The van der Waals surface area contributed by atoms with Crippen LogP contribution in [0.15, 0.2) is 212 Å². The van der Waals surface area contributed by atoms with Gasteiger partial charge in [0, 0.05) is 75.0 Å². The largest absolute Gasteiger partial charge is 0.308 e. The Morgan fingerprint density at radius 2 is 0.922 bits per heavy atom. The smallest absolute Gasteiger partial charge is 0.166 e. The van der Waals surface area contributed by atoms with Gasteiger partial charge in [-0.2, -0.15) is 0 Å². The van der Waals surface area contributed by atoms with Crippen LogP contribution in [0.5, 0.6) is 0 Å². The molecule has 64 heavy (non-hydrogen) atoms. The summed E-state index contributed by atoms with van der Waals surface area (Å²) in [7, 11) is 0. The molecule has 298 valence electrons. The molecular weight excluding hydrogens is 799 g/mol. The van der Waals surface area contributed by atoms with Gasteiger partial charge in [-0.1, -0.05) is 176 Å². The molecule has 0 atom stereocenters. The average molecular weight is 834 g/mol. The van der Waals surface area contributed by atoms with Crippen LogP contribution in [0.25, 0.3) is 126 Å². The minimum atomic E-state index is 0.606. The average Bonchev–Trinajstić information content (AvgIpc) is 3.93. The van der Waals surface area contributed by atoms with Gasteiger partial charge >= 0.3 is 0 Å². The molecule has 0 saturated carbocycles. The van der Waals surface area contributed by atoms with Gasteiger partial charge in [0.15, 0.2) is 17.5 Å². The fourth-order valence-corrected chi connectivity index (χ4v) is 10.8. The van der Waals surface area contributed by atoms with Gasteiger partial charge < -0.3 is 4.57 Å². The van der Waals surface area contributed by atoms with Crippen LogP contribution >= 0.6 is 11.3 Å². The van der Waals surface area contributed by atoms with E-state index in [9.17, 15) is 0 Å². The second kappa shape index (κ2) is 14.7. The highest BCUT2D eigenvalue weighted by atomic mass is 32.1. The molecule has 13 rings (SSSR count). The maximum Gasteiger partial charge on any atom is 0.166 e. The molecule has 5 nitrogen and oxygen atoms in total. The number of rotatable bonds is 6. The molecule has 6 heteroatoms. The van der Waals surface area contributed by atoms with Crippen LogP contribution in [0, 0.1) is 0 Å². The number of hydrogen-bond donors (Lipinski definition) is 0. The van der Waals surface area contributed by atoms with Crippen molar-refractivity contribution in [2.45, 2.75) is 0 Å². The summed E-state index contributed by atoms with van der Waals surface area (Å²) in [5.74, 6) is 1.84. The minimum absolute atomic E-state index is 0.606. The molecule has 0 aliphatic rings. The zero-order valence-corrected chi connectivity index (χ0v) is 35.2. The molecule has 0 amide bonds. The standard InChI is InChI=1S/C58H35N5S/c1-4-16-37(17-5-1)53-45-34-35-49-52(51(45)44-23-10-12-28-48(44)59-53)46-26-15-27-47(54(46)63(49)40-20-8-3-9-21-40)58-61-56(38-18-6-2-7-19-38)60-57(62-58)39-32-30-36(31-33-39)41-24-14-25-43-42-22-11-13-29-50(42)64-55(41)43/h1-35H. The lowest BCUT2D eigenvalue weighted by molar-refractivity contribution is 1.07. The molecule has 0 spiro atoms. The summed E-state index contributed by atoms with van der Waals surface area (Å²) >= 11 is 1.85. The van der Waals surface area contributed by atoms with E-state index in [4.69, 9.17) is 19.9 Å². The number of thiophene rings is 1. The van der Waals surface area contributed by atoms with E-state index < -0.39 is 0 Å². The van der Waals surface area contributed by atoms with Crippen LogP contribution in [-0.2, 0) is 0 Å². The van der Waals surface area contributed by atoms with Gasteiger partial charge in [-0.3, -0.25) is 0 Å². The topological polar surface area (TPSA) is 56.5 Å². The Bertz CT molecular complexity index is 3930. The Morgan fingerprint density at radius 1 is 0.344 bits per heavy atom. The molecular formula is C58H35N5S. The summed E-state index contributed by atoms with van der Waals surface area (Å²) in [4.78, 5) is 21.1. The predicted octanol–water partition coefficient (Wildman–Crippen LogP) is 15.4. The van der Waals surface area contributed by atoms with Gasteiger partial charge in [0.1, 0.15) is 0 Å². The Morgan fingerprint density at radius 3 is 1.69 bits per heavy atom. The number of hydrogen-bond acceptors (Lipinski definition) is 5. The highest BCUT2D eigenvalue weighted by molar-refractivity contribution is 7.26. The van der Waals surface area contributed by atoms with Crippen LogP contribution in [0.4, 0.5) is 0 Å². The summed E-state index contributed by atoms with van der Waals surface area (Å²) in [6.45, 7) is 0. The van der Waals surface area contributed by atoms with Crippen molar-refractivity contribution >= 4 is 75.0 Å². The van der Waals surface area contributed by atoms with E-state index in [0.29, 0.717) is 17.5 Å². The number of benzene rings is 9. The van der Waals surface area contributed by atoms with Crippen molar-refractivity contribution in [3.63, 3.8) is 0 Å². The highest BCUT2D eigenvalue weighted by Crippen LogP contribution is 2.45. The lowest BCUT2D eigenvalue weighted by atomic mass is 9.96. The van der Waals surface area contributed by atoms with E-state index in [0.717, 1.165) is 77.3 Å². The molecule has 9 aromatic carbocycles. The summed E-state index contributed by atoms with van der Waals surface area (Å²) < 4.78 is 4.97. The molecule has 0 saturated heterocycles. The predicted molar refractivity (Wildman–Crippen MR) is 267 cm³/mol. The van der Waals surface area contributed by atoms with Crippen LogP contribution < -0.4 is 0 Å². The Balaban J connectivity index is 1.06. The first-order valence-electron chi connectivity index (χ1n) is 21.5. The third-order valence-electron chi connectivity index (χ3n) is 12.4. The van der Waals surface area contributed by atoms with Gasteiger partial charge in [-0.05, 0) is 47.5 Å². The maximum atomic E-state index is 5.36. The van der Waals surface area contributed by atoms with Crippen molar-refractivity contribution in [3.8, 4) is 62.2 Å². The Kier molecular flexibility index (Phi) is 8.32. The van der Waals surface area contributed by atoms with Crippen molar-refractivity contribution in [1.29, 1.82) is 0 Å². The molecule has 0 aliphatic heterocycles. The molecule has 0 N–H and O–H groups in total. The molecule has 0 bridgehead atoms.